The van der Waals surface area contributed by atoms with Gasteiger partial charge in [-0.25, -0.2) is 0 Å². The fourth-order valence-electron chi connectivity index (χ4n) is 2.09. The van der Waals surface area contributed by atoms with Crippen LogP contribution in [0.15, 0.2) is 9.52 Å². The zero-order valence-corrected chi connectivity index (χ0v) is 9.65. The Morgan fingerprint density at radius 3 is 2.81 bits per heavy atom. The summed E-state index contributed by atoms with van der Waals surface area (Å²) in [4.78, 5) is 8.42. The number of aromatic nitrogens is 2. The highest BCUT2D eigenvalue weighted by Crippen LogP contribution is 2.23. The summed E-state index contributed by atoms with van der Waals surface area (Å²) < 4.78 is 4.98. The first-order chi connectivity index (χ1) is 7.75. The van der Waals surface area contributed by atoms with Crippen molar-refractivity contribution >= 4 is 5.84 Å². The Morgan fingerprint density at radius 2 is 2.19 bits per heavy atom. The van der Waals surface area contributed by atoms with Crippen molar-refractivity contribution in [3.8, 4) is 0 Å². The van der Waals surface area contributed by atoms with Gasteiger partial charge in [-0.2, -0.15) is 4.98 Å². The second kappa shape index (κ2) is 5.09. The second-order valence-electron chi connectivity index (χ2n) is 4.31. The Hall–Kier alpha value is -1.39. The molecule has 5 heteroatoms. The zero-order valence-electron chi connectivity index (χ0n) is 9.65. The summed E-state index contributed by atoms with van der Waals surface area (Å²) in [5.74, 6) is 2.38. The molecule has 1 aromatic rings. The molecule has 88 valence electrons. The summed E-state index contributed by atoms with van der Waals surface area (Å²) in [6.07, 6.45) is 6.18. The fourth-order valence-corrected chi connectivity index (χ4v) is 2.09. The molecule has 2 N–H and O–H groups in total. The summed E-state index contributed by atoms with van der Waals surface area (Å²) >= 11 is 0. The average Bonchev–Trinajstić information content (AvgIpc) is 2.73. The van der Waals surface area contributed by atoms with Crippen molar-refractivity contribution in [3.63, 3.8) is 0 Å². The van der Waals surface area contributed by atoms with E-state index in [0.29, 0.717) is 24.2 Å². The topological polar surface area (TPSA) is 77.3 Å². The molecule has 0 unspecified atom stereocenters. The molecule has 1 aliphatic carbocycles. The minimum atomic E-state index is 0.406. The molecule has 0 aromatic carbocycles. The van der Waals surface area contributed by atoms with Crippen molar-refractivity contribution in [2.75, 3.05) is 0 Å². The van der Waals surface area contributed by atoms with Crippen LogP contribution in [0.1, 0.15) is 43.8 Å². The average molecular weight is 222 g/mol. The largest absolute Gasteiger partial charge is 0.387 e. The molecule has 1 saturated carbocycles. The van der Waals surface area contributed by atoms with Crippen LogP contribution in [-0.2, 0) is 6.54 Å². The summed E-state index contributed by atoms with van der Waals surface area (Å²) in [5, 5.41) is 3.71. The van der Waals surface area contributed by atoms with Gasteiger partial charge in [0.15, 0.2) is 5.82 Å². The maximum Gasteiger partial charge on any atom is 0.248 e. The van der Waals surface area contributed by atoms with Crippen LogP contribution in [0.3, 0.4) is 0 Å². The van der Waals surface area contributed by atoms with Gasteiger partial charge in [-0.1, -0.05) is 24.4 Å². The van der Waals surface area contributed by atoms with Gasteiger partial charge < -0.3 is 10.3 Å². The molecule has 2 rings (SSSR count). The zero-order chi connectivity index (χ0) is 11.4. The Kier molecular flexibility index (Phi) is 3.54. The van der Waals surface area contributed by atoms with E-state index in [1.165, 1.54) is 19.3 Å². The number of hydrogen-bond acceptors (Lipinski definition) is 4. The lowest BCUT2D eigenvalue weighted by molar-refractivity contribution is 0.375. The quantitative estimate of drug-likeness (QED) is 0.625. The highest BCUT2D eigenvalue weighted by molar-refractivity contribution is 5.82. The SMILES string of the molecule is Cc1noc(CN=C(N)C2CCCCC2)n1. The van der Waals surface area contributed by atoms with Gasteiger partial charge >= 0.3 is 0 Å². The van der Waals surface area contributed by atoms with Gasteiger partial charge in [0.1, 0.15) is 6.54 Å². The molecule has 1 aromatic heterocycles. The second-order valence-corrected chi connectivity index (χ2v) is 4.31. The van der Waals surface area contributed by atoms with Gasteiger partial charge in [-0.15, -0.1) is 0 Å². The van der Waals surface area contributed by atoms with Gasteiger partial charge in [0.05, 0.1) is 5.84 Å². The van der Waals surface area contributed by atoms with E-state index in [0.717, 1.165) is 18.7 Å². The molecular formula is C11H18N4O. The minimum Gasteiger partial charge on any atom is -0.387 e. The number of aliphatic imine (C=N–C) groups is 1. The van der Waals surface area contributed by atoms with Crippen molar-refractivity contribution < 1.29 is 4.52 Å². The predicted octanol–water partition coefficient (Wildman–Crippen LogP) is 1.82. The molecular weight excluding hydrogens is 204 g/mol. The van der Waals surface area contributed by atoms with E-state index in [1.54, 1.807) is 6.92 Å². The molecule has 0 bridgehead atoms. The van der Waals surface area contributed by atoms with Gasteiger partial charge in [-0.3, -0.25) is 4.99 Å². The van der Waals surface area contributed by atoms with Crippen molar-refractivity contribution in [2.24, 2.45) is 16.6 Å². The van der Waals surface area contributed by atoms with Crippen LogP contribution in [0, 0.1) is 12.8 Å². The first kappa shape index (κ1) is 11.1. The third-order valence-electron chi connectivity index (χ3n) is 2.99. The van der Waals surface area contributed by atoms with E-state index < -0.39 is 0 Å². The highest BCUT2D eigenvalue weighted by Gasteiger charge is 2.16. The van der Waals surface area contributed by atoms with Crippen molar-refractivity contribution in [1.29, 1.82) is 0 Å². The molecule has 0 saturated heterocycles. The highest BCUT2D eigenvalue weighted by atomic mass is 16.5. The lowest BCUT2D eigenvalue weighted by Crippen LogP contribution is -2.25. The molecule has 1 fully saturated rings. The standard InChI is InChI=1S/C11H18N4O/c1-8-14-10(16-15-8)7-13-11(12)9-5-3-2-4-6-9/h9H,2-7H2,1H3,(H2,12,13). The van der Waals surface area contributed by atoms with Crippen LogP contribution in [-0.4, -0.2) is 16.0 Å². The molecule has 0 atom stereocenters. The van der Waals surface area contributed by atoms with Gasteiger partial charge in [-0.05, 0) is 19.8 Å². The van der Waals surface area contributed by atoms with E-state index in [2.05, 4.69) is 15.1 Å². The normalized spacial score (nSPS) is 18.9. The molecule has 0 aliphatic heterocycles. The fraction of sp³-hybridized carbons (Fsp3) is 0.727. The number of amidine groups is 1. The van der Waals surface area contributed by atoms with E-state index >= 15 is 0 Å². The van der Waals surface area contributed by atoms with Crippen LogP contribution in [0.25, 0.3) is 0 Å². The lowest BCUT2D eigenvalue weighted by Gasteiger charge is -2.20. The van der Waals surface area contributed by atoms with Crippen LogP contribution in [0.2, 0.25) is 0 Å². The first-order valence-electron chi connectivity index (χ1n) is 5.84. The number of nitrogens with two attached hydrogens (primary N) is 1. The summed E-state index contributed by atoms with van der Waals surface area (Å²) in [7, 11) is 0. The summed E-state index contributed by atoms with van der Waals surface area (Å²) in [5.41, 5.74) is 5.96. The van der Waals surface area contributed by atoms with E-state index in [1.807, 2.05) is 0 Å². The van der Waals surface area contributed by atoms with E-state index in [4.69, 9.17) is 10.3 Å². The monoisotopic (exact) mass is 222 g/mol. The Balaban J connectivity index is 1.90. The van der Waals surface area contributed by atoms with Crippen LogP contribution in [0.4, 0.5) is 0 Å². The van der Waals surface area contributed by atoms with Crippen LogP contribution >= 0.6 is 0 Å². The maximum atomic E-state index is 5.96. The molecule has 0 amide bonds. The Morgan fingerprint density at radius 1 is 1.44 bits per heavy atom. The Labute approximate surface area is 95.1 Å². The molecule has 0 spiro atoms. The predicted molar refractivity (Wildman–Crippen MR) is 60.9 cm³/mol. The number of aryl methyl sites for hydroxylation is 1. The minimum absolute atomic E-state index is 0.406. The number of hydrogen-bond donors (Lipinski definition) is 1. The van der Waals surface area contributed by atoms with Crippen LogP contribution in [0.5, 0.6) is 0 Å². The molecule has 5 nitrogen and oxygen atoms in total. The van der Waals surface area contributed by atoms with Crippen molar-refractivity contribution in [1.82, 2.24) is 10.1 Å². The number of nitrogens with zero attached hydrogens (tertiary/aromatic N) is 3. The Bertz CT molecular complexity index is 366. The third kappa shape index (κ3) is 2.81. The van der Waals surface area contributed by atoms with E-state index in [-0.39, 0.29) is 0 Å². The summed E-state index contributed by atoms with van der Waals surface area (Å²) in [6.45, 7) is 2.20. The third-order valence-corrected chi connectivity index (χ3v) is 2.99. The smallest absolute Gasteiger partial charge is 0.248 e. The van der Waals surface area contributed by atoms with Crippen molar-refractivity contribution in [3.05, 3.63) is 11.7 Å². The molecule has 1 aliphatic rings. The van der Waals surface area contributed by atoms with Gasteiger partial charge in [0.2, 0.25) is 5.89 Å². The maximum absolute atomic E-state index is 5.96. The van der Waals surface area contributed by atoms with Crippen LogP contribution < -0.4 is 5.73 Å². The lowest BCUT2D eigenvalue weighted by atomic mass is 9.88. The molecule has 1 heterocycles. The first-order valence-corrected chi connectivity index (χ1v) is 5.84. The van der Waals surface area contributed by atoms with Crippen molar-refractivity contribution in [2.45, 2.75) is 45.6 Å². The molecule has 0 radical (unpaired) electrons. The molecule has 16 heavy (non-hydrogen) atoms. The van der Waals surface area contributed by atoms with Gasteiger partial charge in [0, 0.05) is 5.92 Å². The van der Waals surface area contributed by atoms with E-state index in [9.17, 15) is 0 Å². The van der Waals surface area contributed by atoms with Gasteiger partial charge in [0.25, 0.3) is 0 Å². The summed E-state index contributed by atoms with van der Waals surface area (Å²) in [6, 6.07) is 0. The number of rotatable bonds is 3.